The van der Waals surface area contributed by atoms with Crippen molar-refractivity contribution in [2.75, 3.05) is 11.9 Å². The van der Waals surface area contributed by atoms with Crippen molar-refractivity contribution in [1.82, 2.24) is 15.3 Å². The molecule has 26 heavy (non-hydrogen) atoms. The summed E-state index contributed by atoms with van der Waals surface area (Å²) in [6.07, 6.45) is 4.90. The second-order valence-electron chi connectivity index (χ2n) is 6.80. The van der Waals surface area contributed by atoms with Crippen LogP contribution in [0.15, 0.2) is 48.7 Å². The maximum atomic E-state index is 12.6. The van der Waals surface area contributed by atoms with Crippen LogP contribution in [0.2, 0.25) is 0 Å². The minimum absolute atomic E-state index is 0.0168. The molecule has 5 heteroatoms. The fraction of sp³-hybridized carbons (Fsp3) is 0.286. The number of amides is 1. The lowest BCUT2D eigenvalue weighted by Crippen LogP contribution is -2.25. The van der Waals surface area contributed by atoms with Crippen molar-refractivity contribution in [2.45, 2.75) is 32.2 Å². The van der Waals surface area contributed by atoms with Gasteiger partial charge in [0.15, 0.2) is 0 Å². The van der Waals surface area contributed by atoms with Crippen molar-refractivity contribution in [3.05, 3.63) is 65.5 Å². The summed E-state index contributed by atoms with van der Waals surface area (Å²) in [7, 11) is 0. The Morgan fingerprint density at radius 1 is 1.19 bits per heavy atom. The first-order valence-electron chi connectivity index (χ1n) is 9.05. The van der Waals surface area contributed by atoms with E-state index in [2.05, 4.69) is 26.7 Å². The van der Waals surface area contributed by atoms with E-state index in [1.54, 1.807) is 0 Å². The molecular weight excluding hydrogens is 324 g/mol. The molecule has 1 aliphatic carbocycles. The molecular formula is C21H22N4O. The third-order valence-electron chi connectivity index (χ3n) is 4.57. The Hall–Kier alpha value is -2.95. The van der Waals surface area contributed by atoms with Gasteiger partial charge in [-0.25, -0.2) is 4.98 Å². The van der Waals surface area contributed by atoms with E-state index in [1.807, 2.05) is 49.5 Å². The van der Waals surface area contributed by atoms with Crippen LogP contribution in [0.25, 0.3) is 10.9 Å². The summed E-state index contributed by atoms with van der Waals surface area (Å²) in [5.41, 5.74) is 3.71. The van der Waals surface area contributed by atoms with Gasteiger partial charge in [-0.3, -0.25) is 9.78 Å². The zero-order chi connectivity index (χ0) is 17.9. The highest BCUT2D eigenvalue weighted by atomic mass is 16.1. The molecule has 0 spiro atoms. The third kappa shape index (κ3) is 3.82. The molecule has 3 aromatic rings. The molecule has 1 aromatic carbocycles. The number of aryl methyl sites for hydroxylation is 1. The van der Waals surface area contributed by atoms with Crippen LogP contribution >= 0.6 is 0 Å². The largest absolute Gasteiger partial charge is 0.370 e. The van der Waals surface area contributed by atoms with Crippen LogP contribution < -0.4 is 10.6 Å². The number of fused-ring (bicyclic) bond motifs is 1. The highest BCUT2D eigenvalue weighted by Crippen LogP contribution is 2.24. The number of benzene rings is 1. The van der Waals surface area contributed by atoms with Gasteiger partial charge in [-0.15, -0.1) is 0 Å². The smallest absolute Gasteiger partial charge is 0.252 e. The van der Waals surface area contributed by atoms with Crippen LogP contribution in [0, 0.1) is 6.92 Å². The fourth-order valence-electron chi connectivity index (χ4n) is 2.93. The number of pyridine rings is 2. The molecule has 0 aliphatic heterocycles. The Labute approximate surface area is 152 Å². The van der Waals surface area contributed by atoms with Gasteiger partial charge in [0.25, 0.3) is 5.91 Å². The molecule has 4 rings (SSSR count). The molecule has 2 heterocycles. The molecule has 0 bridgehead atoms. The molecule has 2 N–H and O–H groups in total. The lowest BCUT2D eigenvalue weighted by Gasteiger charge is -2.11. The van der Waals surface area contributed by atoms with E-state index >= 15 is 0 Å². The average molecular weight is 346 g/mol. The Morgan fingerprint density at radius 3 is 2.81 bits per heavy atom. The summed E-state index contributed by atoms with van der Waals surface area (Å²) in [5.74, 6) is 0.710. The quantitative estimate of drug-likeness (QED) is 0.717. The van der Waals surface area contributed by atoms with Crippen molar-refractivity contribution >= 4 is 22.6 Å². The van der Waals surface area contributed by atoms with E-state index in [4.69, 9.17) is 0 Å². The Bertz CT molecular complexity index is 932. The lowest BCUT2D eigenvalue weighted by molar-refractivity contribution is 0.0952. The zero-order valence-electron chi connectivity index (χ0n) is 14.8. The second kappa shape index (κ2) is 7.12. The molecule has 0 saturated heterocycles. The van der Waals surface area contributed by atoms with Gasteiger partial charge < -0.3 is 10.6 Å². The Morgan fingerprint density at radius 2 is 2.04 bits per heavy atom. The minimum atomic E-state index is -0.0168. The van der Waals surface area contributed by atoms with E-state index in [9.17, 15) is 4.79 Å². The van der Waals surface area contributed by atoms with Crippen molar-refractivity contribution in [2.24, 2.45) is 0 Å². The van der Waals surface area contributed by atoms with Gasteiger partial charge in [-0.2, -0.15) is 0 Å². The summed E-state index contributed by atoms with van der Waals surface area (Å²) in [6, 6.07) is 14.1. The van der Waals surface area contributed by atoms with E-state index in [0.29, 0.717) is 11.6 Å². The van der Waals surface area contributed by atoms with Gasteiger partial charge in [-0.05, 0) is 49.9 Å². The number of anilines is 1. The first-order chi connectivity index (χ1) is 12.7. The van der Waals surface area contributed by atoms with Crippen molar-refractivity contribution in [1.29, 1.82) is 0 Å². The molecule has 1 aliphatic rings. The van der Waals surface area contributed by atoms with Crippen molar-refractivity contribution in [3.63, 3.8) is 0 Å². The molecule has 1 amide bonds. The summed E-state index contributed by atoms with van der Waals surface area (Å²) in [6.45, 7) is 2.72. The standard InChI is InChI=1S/C21H22N4O/c1-14-6-7-15(13-23-14)10-11-22-20-12-18(21(26)24-16-8-9-16)17-4-2-3-5-19(17)25-20/h2-7,12-13,16H,8-11H2,1H3,(H,22,25)(H,24,26). The maximum Gasteiger partial charge on any atom is 0.252 e. The van der Waals surface area contributed by atoms with Crippen LogP contribution in [-0.2, 0) is 6.42 Å². The number of nitrogens with one attached hydrogen (secondary N) is 2. The number of nitrogens with zero attached hydrogens (tertiary/aromatic N) is 2. The summed E-state index contributed by atoms with van der Waals surface area (Å²) in [5, 5.41) is 7.31. The predicted octanol–water partition coefficient (Wildman–Crippen LogP) is 3.49. The Balaban J connectivity index is 1.52. The molecule has 132 valence electrons. The molecule has 0 unspecified atom stereocenters. The van der Waals surface area contributed by atoms with Crippen molar-refractivity contribution < 1.29 is 4.79 Å². The average Bonchev–Trinajstić information content (AvgIpc) is 3.46. The van der Waals surface area contributed by atoms with E-state index < -0.39 is 0 Å². The number of carbonyl (C=O) groups is 1. The number of para-hydroxylation sites is 1. The van der Waals surface area contributed by atoms with Crippen LogP contribution in [0.1, 0.15) is 34.5 Å². The summed E-state index contributed by atoms with van der Waals surface area (Å²) < 4.78 is 0. The van der Waals surface area contributed by atoms with Gasteiger partial charge in [0.1, 0.15) is 5.82 Å². The lowest BCUT2D eigenvalue weighted by atomic mass is 10.1. The molecule has 1 fully saturated rings. The first-order valence-corrected chi connectivity index (χ1v) is 9.05. The topological polar surface area (TPSA) is 66.9 Å². The molecule has 1 saturated carbocycles. The highest BCUT2D eigenvalue weighted by molar-refractivity contribution is 6.07. The second-order valence-corrected chi connectivity index (χ2v) is 6.80. The van der Waals surface area contributed by atoms with Crippen LogP contribution in [0.4, 0.5) is 5.82 Å². The molecule has 2 aromatic heterocycles. The van der Waals surface area contributed by atoms with Gasteiger partial charge >= 0.3 is 0 Å². The van der Waals surface area contributed by atoms with Crippen molar-refractivity contribution in [3.8, 4) is 0 Å². The number of carbonyl (C=O) groups excluding carboxylic acids is 1. The van der Waals surface area contributed by atoms with Crippen LogP contribution in [0.5, 0.6) is 0 Å². The monoisotopic (exact) mass is 346 g/mol. The van der Waals surface area contributed by atoms with Gasteiger partial charge in [0.2, 0.25) is 0 Å². The van der Waals surface area contributed by atoms with E-state index in [-0.39, 0.29) is 5.91 Å². The summed E-state index contributed by atoms with van der Waals surface area (Å²) >= 11 is 0. The zero-order valence-corrected chi connectivity index (χ0v) is 14.8. The number of hydrogen-bond donors (Lipinski definition) is 2. The van der Waals surface area contributed by atoms with Gasteiger partial charge in [-0.1, -0.05) is 24.3 Å². The fourth-order valence-corrected chi connectivity index (χ4v) is 2.93. The minimum Gasteiger partial charge on any atom is -0.370 e. The van der Waals surface area contributed by atoms with Crippen LogP contribution in [0.3, 0.4) is 0 Å². The molecule has 5 nitrogen and oxygen atoms in total. The maximum absolute atomic E-state index is 12.6. The summed E-state index contributed by atoms with van der Waals surface area (Å²) in [4.78, 5) is 21.6. The number of hydrogen-bond acceptors (Lipinski definition) is 4. The first kappa shape index (κ1) is 16.5. The third-order valence-corrected chi connectivity index (χ3v) is 4.57. The predicted molar refractivity (Wildman–Crippen MR) is 103 cm³/mol. The highest BCUT2D eigenvalue weighted by Gasteiger charge is 2.24. The molecule has 0 atom stereocenters. The molecule has 0 radical (unpaired) electrons. The van der Waals surface area contributed by atoms with Gasteiger partial charge in [0.05, 0.1) is 11.1 Å². The normalized spacial score (nSPS) is 13.6. The number of aromatic nitrogens is 2. The Kier molecular flexibility index (Phi) is 4.52. The number of rotatable bonds is 6. The van der Waals surface area contributed by atoms with E-state index in [1.165, 1.54) is 5.56 Å². The SMILES string of the molecule is Cc1ccc(CCNc2cc(C(=O)NC3CC3)c3ccccc3n2)cn1. The van der Waals surface area contributed by atoms with Gasteiger partial charge in [0, 0.05) is 29.9 Å². The van der Waals surface area contributed by atoms with E-state index in [0.717, 1.165) is 48.2 Å². The van der Waals surface area contributed by atoms with Crippen LogP contribution in [-0.4, -0.2) is 28.5 Å².